The molecule has 7 nitrogen and oxygen atoms in total. The Hall–Kier alpha value is -1.50. The normalized spacial score (nSPS) is 11.4. The molecule has 0 aromatic carbocycles. The summed E-state index contributed by atoms with van der Waals surface area (Å²) in [7, 11) is 0. The topological polar surface area (TPSA) is 80.6 Å². The van der Waals surface area contributed by atoms with Crippen LogP contribution in [0.2, 0.25) is 0 Å². The van der Waals surface area contributed by atoms with Crippen LogP contribution in [0.4, 0.5) is 9.59 Å². The van der Waals surface area contributed by atoms with Crippen LogP contribution >= 0.6 is 0 Å². The highest BCUT2D eigenvalue weighted by Gasteiger charge is 2.09. The van der Waals surface area contributed by atoms with Crippen LogP contribution in [0.15, 0.2) is 10.2 Å². The van der Waals surface area contributed by atoms with Crippen LogP contribution in [0.3, 0.4) is 0 Å². The monoisotopic (exact) mass is 331 g/mol. The summed E-state index contributed by atoms with van der Waals surface area (Å²) in [6.45, 7) is 19.0. The zero-order chi connectivity index (χ0) is 18.6. The Balaban J connectivity index is 0. The second-order valence-corrected chi connectivity index (χ2v) is 6.08. The fourth-order valence-corrected chi connectivity index (χ4v) is 1.86. The van der Waals surface area contributed by atoms with Crippen molar-refractivity contribution in [1.82, 2.24) is 4.90 Å². The first-order valence-electron chi connectivity index (χ1n) is 8.09. The lowest BCUT2D eigenvalue weighted by Crippen LogP contribution is -2.36. The number of azo groups is 1. The van der Waals surface area contributed by atoms with Gasteiger partial charge in [-0.15, -0.1) is 0 Å². The first-order chi connectivity index (χ1) is 10.5. The predicted octanol–water partition coefficient (Wildman–Crippen LogP) is 4.65. The van der Waals surface area contributed by atoms with E-state index in [9.17, 15) is 9.59 Å². The van der Waals surface area contributed by atoms with Crippen LogP contribution < -0.4 is 0 Å². The molecule has 0 heterocycles. The lowest BCUT2D eigenvalue weighted by atomic mass is 10.2. The highest BCUT2D eigenvalue weighted by Crippen LogP contribution is 2.02. The van der Waals surface area contributed by atoms with Crippen LogP contribution in [0, 0.1) is 0 Å². The summed E-state index contributed by atoms with van der Waals surface area (Å²) >= 11 is 0. The lowest BCUT2D eigenvalue weighted by Gasteiger charge is -2.28. The molecule has 23 heavy (non-hydrogen) atoms. The summed E-state index contributed by atoms with van der Waals surface area (Å²) in [4.78, 5) is 24.0. The molecule has 0 aliphatic rings. The van der Waals surface area contributed by atoms with Gasteiger partial charge in [0.15, 0.2) is 0 Å². The molecule has 0 unspecified atom stereocenters. The van der Waals surface area contributed by atoms with E-state index in [1.807, 2.05) is 0 Å². The quantitative estimate of drug-likeness (QED) is 0.685. The molecule has 0 saturated carbocycles. The Bertz CT molecular complexity index is 334. The minimum absolute atomic E-state index is 0.289. The van der Waals surface area contributed by atoms with E-state index in [0.29, 0.717) is 12.1 Å². The second-order valence-electron chi connectivity index (χ2n) is 6.08. The van der Waals surface area contributed by atoms with Crippen molar-refractivity contribution in [2.24, 2.45) is 10.2 Å². The Labute approximate surface area is 140 Å². The van der Waals surface area contributed by atoms with Gasteiger partial charge in [-0.2, -0.15) is 0 Å². The van der Waals surface area contributed by atoms with Gasteiger partial charge in [0.25, 0.3) is 0 Å². The van der Waals surface area contributed by atoms with Crippen LogP contribution in [-0.2, 0) is 9.47 Å². The number of amides is 2. The number of carbonyl (C=O) groups is 2. The minimum atomic E-state index is -0.902. The Morgan fingerprint density at radius 1 is 0.783 bits per heavy atom. The maximum Gasteiger partial charge on any atom is 0.452 e. The van der Waals surface area contributed by atoms with Gasteiger partial charge in [0.05, 0.1) is 12.2 Å². The van der Waals surface area contributed by atoms with Gasteiger partial charge in [-0.05, 0) is 61.9 Å². The maximum absolute atomic E-state index is 10.8. The molecule has 0 aromatic rings. The molecule has 2 amide bonds. The number of nitrogens with zero attached hydrogens (tertiary/aromatic N) is 3. The molecule has 0 radical (unpaired) electrons. The molecule has 0 spiro atoms. The molecule has 7 heteroatoms. The number of hydrogen-bond donors (Lipinski definition) is 0. The molecule has 0 bridgehead atoms. The summed E-state index contributed by atoms with van der Waals surface area (Å²) in [5, 5.41) is 6.01. The lowest BCUT2D eigenvalue weighted by molar-refractivity contribution is 0.115. The molecule has 0 saturated heterocycles. The third-order valence-electron chi connectivity index (χ3n) is 2.58. The molecular weight excluding hydrogens is 298 g/mol. The van der Waals surface area contributed by atoms with Gasteiger partial charge < -0.3 is 9.47 Å². The van der Waals surface area contributed by atoms with Crippen LogP contribution in [0.25, 0.3) is 0 Å². The number of carbonyl (C=O) groups excluding carboxylic acids is 2. The van der Waals surface area contributed by atoms with Crippen LogP contribution in [0.1, 0.15) is 62.3 Å². The van der Waals surface area contributed by atoms with Crippen molar-refractivity contribution in [3.05, 3.63) is 0 Å². The van der Waals surface area contributed by atoms with E-state index < -0.39 is 12.2 Å². The van der Waals surface area contributed by atoms with Crippen molar-refractivity contribution in [3.63, 3.8) is 0 Å². The SMILES string of the molecule is CC(C)OC(=O)N=NC(=O)OC(C)C.CCN(C(C)C)C(C)C. The van der Waals surface area contributed by atoms with Crippen molar-refractivity contribution < 1.29 is 19.1 Å². The molecule has 136 valence electrons. The average Bonchev–Trinajstić information content (AvgIpc) is 2.35. The maximum atomic E-state index is 10.8. The first-order valence-corrected chi connectivity index (χ1v) is 8.09. The van der Waals surface area contributed by atoms with Crippen LogP contribution in [-0.4, -0.2) is 47.9 Å². The Morgan fingerprint density at radius 3 is 1.22 bits per heavy atom. The molecule has 0 rings (SSSR count). The summed E-state index contributed by atoms with van der Waals surface area (Å²) in [6.07, 6.45) is -2.38. The van der Waals surface area contributed by atoms with E-state index in [-0.39, 0.29) is 12.2 Å². The predicted molar refractivity (Wildman–Crippen MR) is 90.7 cm³/mol. The summed E-state index contributed by atoms with van der Waals surface area (Å²) in [5.74, 6) is 0. The first kappa shape index (κ1) is 23.8. The molecule has 0 aromatic heterocycles. The van der Waals surface area contributed by atoms with Gasteiger partial charge in [-0.1, -0.05) is 17.2 Å². The largest absolute Gasteiger partial charge is 0.452 e. The molecular formula is C16H33N3O4. The highest BCUT2D eigenvalue weighted by atomic mass is 16.6. The van der Waals surface area contributed by atoms with Crippen molar-refractivity contribution >= 4 is 12.2 Å². The van der Waals surface area contributed by atoms with Gasteiger partial charge in [0.2, 0.25) is 0 Å². The van der Waals surface area contributed by atoms with Gasteiger partial charge >= 0.3 is 12.2 Å². The van der Waals surface area contributed by atoms with E-state index >= 15 is 0 Å². The summed E-state index contributed by atoms with van der Waals surface area (Å²) in [5.41, 5.74) is 0. The zero-order valence-corrected chi connectivity index (χ0v) is 16.0. The van der Waals surface area contributed by atoms with E-state index in [0.717, 1.165) is 6.54 Å². The van der Waals surface area contributed by atoms with Crippen molar-refractivity contribution in [3.8, 4) is 0 Å². The third kappa shape index (κ3) is 15.2. The molecule has 0 aliphatic heterocycles. The van der Waals surface area contributed by atoms with E-state index in [1.165, 1.54) is 0 Å². The number of hydrogen-bond acceptors (Lipinski definition) is 5. The van der Waals surface area contributed by atoms with Gasteiger partial charge in [0.1, 0.15) is 0 Å². The van der Waals surface area contributed by atoms with E-state index in [1.54, 1.807) is 27.7 Å². The smallest absolute Gasteiger partial charge is 0.444 e. The Kier molecular flexibility index (Phi) is 13.4. The number of rotatable bonds is 5. The molecule has 0 fully saturated rings. The average molecular weight is 331 g/mol. The fourth-order valence-electron chi connectivity index (χ4n) is 1.86. The summed E-state index contributed by atoms with van der Waals surface area (Å²) < 4.78 is 9.20. The van der Waals surface area contributed by atoms with Crippen LogP contribution in [0.5, 0.6) is 0 Å². The zero-order valence-electron chi connectivity index (χ0n) is 16.0. The van der Waals surface area contributed by atoms with Crippen molar-refractivity contribution in [1.29, 1.82) is 0 Å². The molecule has 0 aliphatic carbocycles. The third-order valence-corrected chi connectivity index (χ3v) is 2.58. The van der Waals surface area contributed by atoms with E-state index in [4.69, 9.17) is 0 Å². The van der Waals surface area contributed by atoms with Crippen molar-refractivity contribution in [2.45, 2.75) is 86.6 Å². The minimum Gasteiger partial charge on any atom is -0.444 e. The highest BCUT2D eigenvalue weighted by molar-refractivity contribution is 5.73. The standard InChI is InChI=1S/C8H14N2O4.C8H19N/c1-5(2)13-7(11)9-10-8(12)14-6(3)4;1-6-9(7(2)3)8(4)5/h5-6H,1-4H3;7-8H,6H2,1-5H3. The molecule has 0 atom stereocenters. The van der Waals surface area contributed by atoms with Gasteiger partial charge in [-0.3, -0.25) is 4.90 Å². The summed E-state index contributed by atoms with van der Waals surface area (Å²) in [6, 6.07) is 1.38. The van der Waals surface area contributed by atoms with Gasteiger partial charge in [-0.25, -0.2) is 9.59 Å². The molecule has 0 N–H and O–H groups in total. The second kappa shape index (κ2) is 13.0. The number of ether oxygens (including phenoxy) is 2. The van der Waals surface area contributed by atoms with E-state index in [2.05, 4.69) is 59.2 Å². The van der Waals surface area contributed by atoms with Gasteiger partial charge in [0, 0.05) is 12.1 Å². The fraction of sp³-hybridized carbons (Fsp3) is 0.875. The Morgan fingerprint density at radius 2 is 1.09 bits per heavy atom. The van der Waals surface area contributed by atoms with Crippen molar-refractivity contribution in [2.75, 3.05) is 6.54 Å².